The van der Waals surface area contributed by atoms with Crippen LogP contribution in [0.4, 0.5) is 0 Å². The first-order chi connectivity index (χ1) is 14.8. The highest BCUT2D eigenvalue weighted by atomic mass is 32.2. The van der Waals surface area contributed by atoms with Crippen LogP contribution < -0.4 is 11.1 Å². The van der Waals surface area contributed by atoms with Crippen molar-refractivity contribution in [3.05, 3.63) is 54.3 Å². The Morgan fingerprint density at radius 3 is 2.55 bits per heavy atom. The topological polar surface area (TPSA) is 116 Å². The molecule has 0 fully saturated rings. The van der Waals surface area contributed by atoms with E-state index in [-0.39, 0.29) is 17.6 Å². The first-order valence-corrected chi connectivity index (χ1v) is 11.0. The molecule has 3 N–H and O–H groups in total. The van der Waals surface area contributed by atoms with Crippen molar-refractivity contribution in [2.24, 2.45) is 11.7 Å². The summed E-state index contributed by atoms with van der Waals surface area (Å²) in [6.07, 6.45) is 2.04. The van der Waals surface area contributed by atoms with Gasteiger partial charge in [0, 0.05) is 0 Å². The summed E-state index contributed by atoms with van der Waals surface area (Å²) in [5, 5.41) is 11.9. The number of rotatable bonds is 10. The molecule has 2 amide bonds. The van der Waals surface area contributed by atoms with Crippen molar-refractivity contribution in [3.8, 4) is 11.6 Å². The van der Waals surface area contributed by atoms with Gasteiger partial charge in [0.15, 0.2) is 10.9 Å². The SMILES string of the molecule is CC(C)CC(C)(NC(=O)CSc1nnc(-c2ccco2)n1Cc1ccccc1)C(N)=O. The first-order valence-electron chi connectivity index (χ1n) is 10.0. The van der Waals surface area contributed by atoms with E-state index in [1.807, 2.05) is 54.8 Å². The molecule has 0 spiro atoms. The molecule has 2 aromatic heterocycles. The largest absolute Gasteiger partial charge is 0.461 e. The van der Waals surface area contributed by atoms with E-state index in [0.29, 0.717) is 29.7 Å². The van der Waals surface area contributed by atoms with Crippen LogP contribution in [-0.2, 0) is 16.1 Å². The fourth-order valence-corrected chi connectivity index (χ4v) is 4.13. The summed E-state index contributed by atoms with van der Waals surface area (Å²) in [6.45, 7) is 6.14. The summed E-state index contributed by atoms with van der Waals surface area (Å²) < 4.78 is 7.41. The highest BCUT2D eigenvalue weighted by Gasteiger charge is 2.33. The lowest BCUT2D eigenvalue weighted by Gasteiger charge is -2.29. The van der Waals surface area contributed by atoms with Gasteiger partial charge in [-0.25, -0.2) is 0 Å². The van der Waals surface area contributed by atoms with Crippen LogP contribution in [0.15, 0.2) is 58.3 Å². The second-order valence-corrected chi connectivity index (χ2v) is 8.93. The van der Waals surface area contributed by atoms with Gasteiger partial charge in [0.1, 0.15) is 5.54 Å². The van der Waals surface area contributed by atoms with Crippen LogP contribution >= 0.6 is 11.8 Å². The number of aromatic nitrogens is 3. The van der Waals surface area contributed by atoms with E-state index in [2.05, 4.69) is 15.5 Å². The molecule has 1 atom stereocenters. The van der Waals surface area contributed by atoms with Gasteiger partial charge in [-0.2, -0.15) is 0 Å². The van der Waals surface area contributed by atoms with Crippen molar-refractivity contribution in [2.45, 2.75) is 44.4 Å². The zero-order valence-electron chi connectivity index (χ0n) is 17.9. The van der Waals surface area contributed by atoms with Crippen molar-refractivity contribution >= 4 is 23.6 Å². The van der Waals surface area contributed by atoms with Gasteiger partial charge in [-0.05, 0) is 37.0 Å². The van der Waals surface area contributed by atoms with Crippen LogP contribution in [0.5, 0.6) is 0 Å². The maximum atomic E-state index is 12.6. The molecule has 0 aliphatic carbocycles. The number of carbonyl (C=O) groups excluding carboxylic acids is 2. The van der Waals surface area contributed by atoms with Crippen LogP contribution in [0, 0.1) is 5.92 Å². The van der Waals surface area contributed by atoms with E-state index in [9.17, 15) is 9.59 Å². The summed E-state index contributed by atoms with van der Waals surface area (Å²) in [5.41, 5.74) is 5.52. The quantitative estimate of drug-likeness (QED) is 0.467. The van der Waals surface area contributed by atoms with E-state index in [4.69, 9.17) is 10.2 Å². The van der Waals surface area contributed by atoms with Gasteiger partial charge >= 0.3 is 0 Å². The molecule has 3 rings (SSSR count). The molecule has 0 aliphatic rings. The van der Waals surface area contributed by atoms with Gasteiger partial charge in [0.25, 0.3) is 0 Å². The molecule has 0 saturated heterocycles. The van der Waals surface area contributed by atoms with Gasteiger partial charge in [-0.3, -0.25) is 14.2 Å². The summed E-state index contributed by atoms with van der Waals surface area (Å²) in [7, 11) is 0. The molecule has 1 unspecified atom stereocenters. The molecule has 2 heterocycles. The zero-order valence-corrected chi connectivity index (χ0v) is 18.7. The summed E-state index contributed by atoms with van der Waals surface area (Å²) >= 11 is 1.25. The molecule has 0 aliphatic heterocycles. The number of nitrogens with one attached hydrogen (secondary N) is 1. The Hall–Kier alpha value is -3.07. The van der Waals surface area contributed by atoms with Crippen molar-refractivity contribution < 1.29 is 14.0 Å². The van der Waals surface area contributed by atoms with Crippen LogP contribution in [0.25, 0.3) is 11.6 Å². The van der Waals surface area contributed by atoms with Gasteiger partial charge in [0.2, 0.25) is 17.6 Å². The Morgan fingerprint density at radius 1 is 1.19 bits per heavy atom. The Labute approximate surface area is 185 Å². The second-order valence-electron chi connectivity index (χ2n) is 7.99. The summed E-state index contributed by atoms with van der Waals surface area (Å²) in [6, 6.07) is 13.5. The number of nitrogens with two attached hydrogens (primary N) is 1. The van der Waals surface area contributed by atoms with E-state index in [1.165, 1.54) is 11.8 Å². The molecular weight excluding hydrogens is 414 g/mol. The molecule has 3 aromatic rings. The second kappa shape index (κ2) is 9.82. The predicted molar refractivity (Wildman–Crippen MR) is 119 cm³/mol. The lowest BCUT2D eigenvalue weighted by Crippen LogP contribution is -2.56. The third-order valence-electron chi connectivity index (χ3n) is 4.75. The van der Waals surface area contributed by atoms with E-state index in [1.54, 1.807) is 19.3 Å². The maximum Gasteiger partial charge on any atom is 0.242 e. The Kier molecular flexibility index (Phi) is 7.17. The standard InChI is InChI=1S/C22H27N5O3S/c1-15(2)12-22(3,20(23)29)24-18(28)14-31-21-26-25-19(17-10-7-11-30-17)27(21)13-16-8-5-4-6-9-16/h4-11,15H,12-14H2,1-3H3,(H2,23,29)(H,24,28). The average Bonchev–Trinajstić information content (AvgIpc) is 3.36. The zero-order chi connectivity index (χ0) is 22.4. The van der Waals surface area contributed by atoms with Crippen LogP contribution in [0.3, 0.4) is 0 Å². The molecule has 1 aromatic carbocycles. The molecule has 0 radical (unpaired) electrons. The molecule has 8 nitrogen and oxygen atoms in total. The predicted octanol–water partition coefficient (Wildman–Crippen LogP) is 3.08. The van der Waals surface area contributed by atoms with Gasteiger partial charge in [0.05, 0.1) is 18.6 Å². The minimum absolute atomic E-state index is 0.0754. The van der Waals surface area contributed by atoms with Gasteiger partial charge in [-0.15, -0.1) is 10.2 Å². The van der Waals surface area contributed by atoms with Crippen molar-refractivity contribution in [1.82, 2.24) is 20.1 Å². The van der Waals surface area contributed by atoms with E-state index >= 15 is 0 Å². The number of nitrogens with zero attached hydrogens (tertiary/aromatic N) is 3. The van der Waals surface area contributed by atoms with E-state index < -0.39 is 11.4 Å². The minimum Gasteiger partial charge on any atom is -0.461 e. The number of benzene rings is 1. The number of hydrogen-bond donors (Lipinski definition) is 2. The normalized spacial score (nSPS) is 13.2. The minimum atomic E-state index is -1.09. The van der Waals surface area contributed by atoms with Gasteiger partial charge in [-0.1, -0.05) is 55.9 Å². The number of primary amides is 1. The highest BCUT2D eigenvalue weighted by molar-refractivity contribution is 7.99. The number of amides is 2. The van der Waals surface area contributed by atoms with Gasteiger partial charge < -0.3 is 15.5 Å². The Bertz CT molecular complexity index is 1020. The van der Waals surface area contributed by atoms with Crippen molar-refractivity contribution in [3.63, 3.8) is 0 Å². The maximum absolute atomic E-state index is 12.6. The summed E-state index contributed by atoms with van der Waals surface area (Å²) in [4.78, 5) is 24.5. The number of thioether (sulfide) groups is 1. The summed E-state index contributed by atoms with van der Waals surface area (Å²) in [5.74, 6) is 0.617. The third kappa shape index (κ3) is 5.75. The van der Waals surface area contributed by atoms with Crippen LogP contribution in [0.2, 0.25) is 0 Å². The monoisotopic (exact) mass is 441 g/mol. The first kappa shape index (κ1) is 22.6. The lowest BCUT2D eigenvalue weighted by molar-refractivity contribution is -0.130. The van der Waals surface area contributed by atoms with Crippen LogP contribution in [-0.4, -0.2) is 37.9 Å². The molecule has 0 bridgehead atoms. The Balaban J connectivity index is 1.77. The molecule has 164 valence electrons. The molecule has 9 heteroatoms. The lowest BCUT2D eigenvalue weighted by atomic mass is 9.90. The fraction of sp³-hybridized carbons (Fsp3) is 0.364. The third-order valence-corrected chi connectivity index (χ3v) is 5.72. The molecule has 0 saturated carbocycles. The van der Waals surface area contributed by atoms with Crippen LogP contribution in [0.1, 0.15) is 32.8 Å². The average molecular weight is 442 g/mol. The number of hydrogen-bond acceptors (Lipinski definition) is 6. The molecular formula is C22H27N5O3S. The smallest absolute Gasteiger partial charge is 0.242 e. The highest BCUT2D eigenvalue weighted by Crippen LogP contribution is 2.26. The van der Waals surface area contributed by atoms with E-state index in [0.717, 1.165) is 5.56 Å². The number of furan rings is 1. The molecule has 31 heavy (non-hydrogen) atoms. The fourth-order valence-electron chi connectivity index (χ4n) is 3.40. The van der Waals surface area contributed by atoms with Crippen molar-refractivity contribution in [1.29, 1.82) is 0 Å². The van der Waals surface area contributed by atoms with Crippen molar-refractivity contribution in [2.75, 3.05) is 5.75 Å². The number of carbonyl (C=O) groups is 2. The Morgan fingerprint density at radius 2 is 1.94 bits per heavy atom.